The van der Waals surface area contributed by atoms with Gasteiger partial charge < -0.3 is 5.11 Å². The van der Waals surface area contributed by atoms with E-state index in [1.807, 2.05) is 12.7 Å². The van der Waals surface area contributed by atoms with E-state index in [0.29, 0.717) is 0 Å². The third-order valence-electron chi connectivity index (χ3n) is 0.333. The van der Waals surface area contributed by atoms with E-state index in [1.54, 1.807) is 6.92 Å². The Bertz CT molecular complexity index is 28.7. The van der Waals surface area contributed by atoms with E-state index in [2.05, 4.69) is 0 Å². The first-order valence-corrected chi connectivity index (χ1v) is 2.83. The van der Waals surface area contributed by atoms with E-state index in [4.69, 9.17) is 5.11 Å². The molecule has 0 bridgehead atoms. The molecule has 0 saturated carbocycles. The maximum Gasteiger partial charge on any atom is 0.0967 e. The van der Waals surface area contributed by atoms with Crippen molar-refractivity contribution < 1.29 is 5.11 Å². The minimum atomic E-state index is -0.241. The van der Waals surface area contributed by atoms with Crippen molar-refractivity contribution in [3.05, 3.63) is 5.75 Å². The van der Waals surface area contributed by atoms with Crippen molar-refractivity contribution in [1.82, 2.24) is 0 Å². The zero-order chi connectivity index (χ0) is 4.99. The Kier molecular flexibility index (Phi) is 3.68. The lowest BCUT2D eigenvalue weighted by atomic mass is 10.9. The summed E-state index contributed by atoms with van der Waals surface area (Å²) < 4.78 is 0. The summed E-state index contributed by atoms with van der Waals surface area (Å²) in [6, 6.07) is 0. The van der Waals surface area contributed by atoms with E-state index in [9.17, 15) is 0 Å². The predicted molar refractivity (Wildman–Crippen MR) is 29.2 cm³/mol. The van der Waals surface area contributed by atoms with Gasteiger partial charge >= 0.3 is 0 Å². The molecule has 1 radical (unpaired) electrons. The number of hydrogen-bond acceptors (Lipinski definition) is 2. The summed E-state index contributed by atoms with van der Waals surface area (Å²) in [5.74, 6) is 1.87. The van der Waals surface area contributed by atoms with Gasteiger partial charge in [0.2, 0.25) is 0 Å². The maximum atomic E-state index is 8.48. The molecule has 0 aromatic carbocycles. The van der Waals surface area contributed by atoms with Gasteiger partial charge in [0, 0.05) is 5.75 Å². The predicted octanol–water partition coefficient (Wildman–Crippen LogP) is 1.24. The molecule has 0 aromatic heterocycles. The molecule has 1 N–H and O–H groups in total. The van der Waals surface area contributed by atoms with Crippen LogP contribution < -0.4 is 0 Å². The van der Waals surface area contributed by atoms with Crippen LogP contribution in [0, 0.1) is 5.75 Å². The Morgan fingerprint density at radius 3 is 2.33 bits per heavy atom. The van der Waals surface area contributed by atoms with Crippen LogP contribution in [-0.4, -0.2) is 10.5 Å². The third kappa shape index (κ3) is 4.31. The standard InChI is InChI=1S/C4H9OS/c1-3-6-4(2)5/h3-5H,1-2H3. The summed E-state index contributed by atoms with van der Waals surface area (Å²) in [5.41, 5.74) is -0.241. The number of hydrogen-bond donors (Lipinski definition) is 1. The lowest BCUT2D eigenvalue weighted by molar-refractivity contribution is 0.284. The molecule has 0 amide bonds. The van der Waals surface area contributed by atoms with Gasteiger partial charge in [-0.2, -0.15) is 0 Å². The smallest absolute Gasteiger partial charge is 0.0967 e. The summed E-state index contributed by atoms with van der Waals surface area (Å²) in [6.45, 7) is 3.64. The van der Waals surface area contributed by atoms with Gasteiger partial charge in [-0.15, -0.1) is 11.8 Å². The molecule has 1 atom stereocenters. The minimum Gasteiger partial charge on any atom is -0.383 e. The first kappa shape index (κ1) is 6.31. The molecule has 0 aliphatic heterocycles. The van der Waals surface area contributed by atoms with E-state index in [1.165, 1.54) is 11.8 Å². The van der Waals surface area contributed by atoms with Gasteiger partial charge in [-0.25, -0.2) is 0 Å². The molecule has 6 heavy (non-hydrogen) atoms. The molecule has 0 heterocycles. The van der Waals surface area contributed by atoms with Crippen LogP contribution in [0.2, 0.25) is 0 Å². The van der Waals surface area contributed by atoms with Gasteiger partial charge in [-0.3, -0.25) is 0 Å². The molecule has 0 fully saturated rings. The van der Waals surface area contributed by atoms with Crippen molar-refractivity contribution in [2.45, 2.75) is 19.3 Å². The Morgan fingerprint density at radius 2 is 2.33 bits per heavy atom. The van der Waals surface area contributed by atoms with Gasteiger partial charge in [0.05, 0.1) is 5.44 Å². The van der Waals surface area contributed by atoms with Gasteiger partial charge in [-0.1, -0.05) is 6.92 Å². The topological polar surface area (TPSA) is 20.2 Å². The number of aliphatic hydroxyl groups excluding tert-OH is 1. The Hall–Kier alpha value is 0.310. The average Bonchev–Trinajstić information content (AvgIpc) is 1.35. The molecule has 0 spiro atoms. The second-order valence-corrected chi connectivity index (χ2v) is 2.40. The van der Waals surface area contributed by atoms with Crippen molar-refractivity contribution in [1.29, 1.82) is 0 Å². The molecule has 1 unspecified atom stereocenters. The molecular formula is C4H9OS. The summed E-state index contributed by atoms with van der Waals surface area (Å²) in [5, 5.41) is 8.48. The van der Waals surface area contributed by atoms with Crippen LogP contribution in [0.1, 0.15) is 13.8 Å². The van der Waals surface area contributed by atoms with Crippen molar-refractivity contribution in [2.24, 2.45) is 0 Å². The van der Waals surface area contributed by atoms with Crippen LogP contribution in [0.4, 0.5) is 0 Å². The summed E-state index contributed by atoms with van der Waals surface area (Å²) in [6.07, 6.45) is 0. The highest BCUT2D eigenvalue weighted by molar-refractivity contribution is 8.01. The van der Waals surface area contributed by atoms with Crippen molar-refractivity contribution in [3.63, 3.8) is 0 Å². The highest BCUT2D eigenvalue weighted by Gasteiger charge is 1.87. The number of aliphatic hydroxyl groups is 1. The van der Waals surface area contributed by atoms with Gasteiger partial charge in [0.15, 0.2) is 0 Å². The summed E-state index contributed by atoms with van der Waals surface area (Å²) >= 11 is 1.42. The van der Waals surface area contributed by atoms with Crippen LogP contribution in [0.3, 0.4) is 0 Å². The van der Waals surface area contributed by atoms with Crippen LogP contribution in [-0.2, 0) is 0 Å². The van der Waals surface area contributed by atoms with Crippen molar-refractivity contribution in [2.75, 3.05) is 0 Å². The fourth-order valence-electron chi connectivity index (χ4n) is 0.197. The molecular weight excluding hydrogens is 96.1 g/mol. The Labute approximate surface area is 42.8 Å². The van der Waals surface area contributed by atoms with E-state index in [-0.39, 0.29) is 5.44 Å². The molecule has 0 aliphatic rings. The van der Waals surface area contributed by atoms with Crippen molar-refractivity contribution in [3.8, 4) is 0 Å². The Morgan fingerprint density at radius 1 is 1.83 bits per heavy atom. The minimum absolute atomic E-state index is 0.241. The molecule has 0 saturated heterocycles. The van der Waals surface area contributed by atoms with Gasteiger partial charge in [0.25, 0.3) is 0 Å². The second kappa shape index (κ2) is 3.50. The van der Waals surface area contributed by atoms with Crippen LogP contribution in [0.5, 0.6) is 0 Å². The zero-order valence-electron chi connectivity index (χ0n) is 4.01. The summed E-state index contributed by atoms with van der Waals surface area (Å²) in [4.78, 5) is 0. The molecule has 1 nitrogen and oxygen atoms in total. The average molecular weight is 105 g/mol. The van der Waals surface area contributed by atoms with Crippen LogP contribution in [0.15, 0.2) is 0 Å². The lowest BCUT2D eigenvalue weighted by Crippen LogP contribution is -1.87. The van der Waals surface area contributed by atoms with Gasteiger partial charge in [-0.05, 0) is 6.92 Å². The van der Waals surface area contributed by atoms with E-state index < -0.39 is 0 Å². The Balaban J connectivity index is 2.63. The lowest BCUT2D eigenvalue weighted by Gasteiger charge is -1.95. The zero-order valence-corrected chi connectivity index (χ0v) is 4.83. The number of rotatable bonds is 2. The summed E-state index contributed by atoms with van der Waals surface area (Å²) in [7, 11) is 0. The number of thioether (sulfide) groups is 1. The molecule has 0 rings (SSSR count). The molecule has 37 valence electrons. The first-order valence-electron chi connectivity index (χ1n) is 1.88. The fraction of sp³-hybridized carbons (Fsp3) is 0.750. The van der Waals surface area contributed by atoms with Crippen LogP contribution >= 0.6 is 11.8 Å². The third-order valence-corrected chi connectivity index (χ3v) is 0.999. The molecule has 0 aliphatic carbocycles. The monoisotopic (exact) mass is 105 g/mol. The second-order valence-electron chi connectivity index (χ2n) is 0.971. The highest BCUT2D eigenvalue weighted by atomic mass is 32.2. The molecule has 2 heteroatoms. The normalized spacial score (nSPS) is 14.5. The van der Waals surface area contributed by atoms with E-state index in [0.717, 1.165) is 0 Å². The largest absolute Gasteiger partial charge is 0.383 e. The van der Waals surface area contributed by atoms with E-state index >= 15 is 0 Å². The van der Waals surface area contributed by atoms with Crippen molar-refractivity contribution >= 4 is 11.8 Å². The highest BCUT2D eigenvalue weighted by Crippen LogP contribution is 2.08. The maximum absolute atomic E-state index is 8.48. The fourth-order valence-corrected chi connectivity index (χ4v) is 0.591. The first-order chi connectivity index (χ1) is 2.77. The quantitative estimate of drug-likeness (QED) is 0.533. The SMILES string of the molecule is C[CH]SC(C)O. The van der Waals surface area contributed by atoms with Crippen LogP contribution in [0.25, 0.3) is 0 Å². The van der Waals surface area contributed by atoms with Gasteiger partial charge in [0.1, 0.15) is 0 Å². The molecule has 0 aromatic rings.